The number of hydrogen-bond donors (Lipinski definition) is 3. The molecule has 0 radical (unpaired) electrons. The number of thiazole rings is 1. The maximum absolute atomic E-state index is 13.3. The first-order valence-electron chi connectivity index (χ1n) is 8.91. The maximum atomic E-state index is 13.3. The average Bonchev–Trinajstić information content (AvgIpc) is 3.36. The van der Waals surface area contributed by atoms with Crippen LogP contribution in [0.15, 0.2) is 59.4 Å². The van der Waals surface area contributed by atoms with Gasteiger partial charge in [-0.15, -0.1) is 16.0 Å². The quantitative estimate of drug-likeness (QED) is 0.315. The van der Waals surface area contributed by atoms with Crippen LogP contribution < -0.4 is 10.1 Å². The summed E-state index contributed by atoms with van der Waals surface area (Å²) in [5.74, 6) is -2.66. The van der Waals surface area contributed by atoms with Crippen molar-refractivity contribution in [3.05, 3.63) is 70.8 Å². The second-order valence-electron chi connectivity index (χ2n) is 6.34. The van der Waals surface area contributed by atoms with Crippen molar-refractivity contribution >= 4 is 34.2 Å². The number of carbonyl (C=O) groups excluding carboxylic acids is 1. The Morgan fingerprint density at radius 3 is 2.50 bits per heavy atom. The number of aliphatic carboxylic acids is 1. The van der Waals surface area contributed by atoms with Gasteiger partial charge in [-0.25, -0.2) is 19.2 Å². The van der Waals surface area contributed by atoms with Crippen LogP contribution >= 0.6 is 11.3 Å². The Kier molecular flexibility index (Phi) is 6.83. The van der Waals surface area contributed by atoms with Crippen LogP contribution in [0.1, 0.15) is 5.56 Å². The first-order chi connectivity index (χ1) is 15.1. The van der Waals surface area contributed by atoms with Crippen LogP contribution in [0.3, 0.4) is 0 Å². The van der Waals surface area contributed by atoms with Crippen molar-refractivity contribution < 1.29 is 36.9 Å². The topological polar surface area (TPSA) is 99.0 Å². The third-order valence-corrected chi connectivity index (χ3v) is 4.62. The number of hydrogen-bond acceptors (Lipinski definition) is 4. The van der Waals surface area contributed by atoms with Gasteiger partial charge in [0.25, 0.3) is 5.91 Å². The molecule has 3 N–H and O–H groups in total. The van der Waals surface area contributed by atoms with Crippen molar-refractivity contribution in [3.8, 4) is 11.5 Å². The third-order valence-electron chi connectivity index (χ3n) is 4.03. The maximum Gasteiger partial charge on any atom is 0.490 e. The lowest BCUT2D eigenvalue weighted by Crippen LogP contribution is -2.49. The van der Waals surface area contributed by atoms with Gasteiger partial charge in [-0.3, -0.25) is 4.79 Å². The second-order valence-corrected chi connectivity index (χ2v) is 7.06. The number of carboxylic acids is 1. The van der Waals surface area contributed by atoms with E-state index >= 15 is 0 Å². The highest BCUT2D eigenvalue weighted by molar-refractivity contribution is 7.07. The summed E-state index contributed by atoms with van der Waals surface area (Å²) in [6, 6.07) is 13.7. The van der Waals surface area contributed by atoms with E-state index in [2.05, 4.69) is 15.4 Å². The SMILES string of the molecule is O=C(Cc1cccc(F)c1)N[n+]1c(-c2cscn2)[nH]c2ccccc21.O=C(O)C(F)(F)F. The van der Waals surface area contributed by atoms with Crippen molar-refractivity contribution in [2.24, 2.45) is 0 Å². The molecule has 0 aliphatic carbocycles. The zero-order chi connectivity index (χ0) is 23.3. The van der Waals surface area contributed by atoms with Crippen LogP contribution in [0.25, 0.3) is 22.6 Å². The van der Waals surface area contributed by atoms with E-state index < -0.39 is 12.1 Å². The lowest BCUT2D eigenvalue weighted by Gasteiger charge is -2.04. The van der Waals surface area contributed by atoms with E-state index in [1.807, 2.05) is 29.6 Å². The molecule has 7 nitrogen and oxygen atoms in total. The van der Waals surface area contributed by atoms with E-state index in [4.69, 9.17) is 9.90 Å². The van der Waals surface area contributed by atoms with Crippen molar-refractivity contribution in [2.75, 3.05) is 5.43 Å². The molecular formula is C20H15F4N4O3S+. The monoisotopic (exact) mass is 467 g/mol. The predicted octanol–water partition coefficient (Wildman–Crippen LogP) is 3.66. The summed E-state index contributed by atoms with van der Waals surface area (Å²) in [4.78, 5) is 29.0. The number of benzene rings is 2. The number of nitrogens with one attached hydrogen (secondary N) is 2. The van der Waals surface area contributed by atoms with Crippen LogP contribution in [-0.2, 0) is 16.0 Å². The van der Waals surface area contributed by atoms with E-state index in [-0.39, 0.29) is 18.1 Å². The van der Waals surface area contributed by atoms with Crippen molar-refractivity contribution in [3.63, 3.8) is 0 Å². The van der Waals surface area contributed by atoms with Gasteiger partial charge in [0.2, 0.25) is 5.52 Å². The molecule has 166 valence electrons. The number of H-pyrrole nitrogens is 1. The fourth-order valence-corrected chi connectivity index (χ4v) is 3.24. The van der Waals surface area contributed by atoms with Gasteiger partial charge in [-0.05, 0) is 29.8 Å². The second kappa shape index (κ2) is 9.56. The van der Waals surface area contributed by atoms with Crippen LogP contribution in [-0.4, -0.2) is 33.1 Å². The van der Waals surface area contributed by atoms with Gasteiger partial charge in [0.15, 0.2) is 11.2 Å². The first-order valence-corrected chi connectivity index (χ1v) is 9.85. The number of carboxylic acid groups (broad SMARTS) is 1. The van der Waals surface area contributed by atoms with E-state index in [0.29, 0.717) is 11.4 Å². The predicted molar refractivity (Wildman–Crippen MR) is 108 cm³/mol. The number of imidazole rings is 1. The van der Waals surface area contributed by atoms with Crippen molar-refractivity contribution in [2.45, 2.75) is 12.6 Å². The molecule has 12 heteroatoms. The minimum absolute atomic E-state index is 0.0841. The smallest absolute Gasteiger partial charge is 0.475 e. The summed E-state index contributed by atoms with van der Waals surface area (Å²) in [6.07, 6.45) is -5.00. The molecule has 0 saturated carbocycles. The number of halogens is 4. The fraction of sp³-hybridized carbons (Fsp3) is 0.100. The molecule has 4 aromatic rings. The summed E-state index contributed by atoms with van der Waals surface area (Å²) < 4.78 is 46.7. The van der Waals surface area contributed by atoms with E-state index in [1.165, 1.54) is 23.5 Å². The molecule has 0 saturated heterocycles. The van der Waals surface area contributed by atoms with E-state index in [0.717, 1.165) is 16.7 Å². The molecule has 2 aromatic heterocycles. The molecule has 0 atom stereocenters. The molecule has 4 rings (SSSR count). The largest absolute Gasteiger partial charge is 0.490 e. The summed E-state index contributed by atoms with van der Waals surface area (Å²) in [6.45, 7) is 0. The summed E-state index contributed by atoms with van der Waals surface area (Å²) in [5.41, 5.74) is 7.69. The van der Waals surface area contributed by atoms with Crippen LogP contribution in [0.4, 0.5) is 17.6 Å². The number of aromatic nitrogens is 3. The summed E-state index contributed by atoms with van der Waals surface area (Å²) in [7, 11) is 0. The Hall–Kier alpha value is -3.80. The van der Waals surface area contributed by atoms with Crippen LogP contribution in [0.5, 0.6) is 0 Å². The van der Waals surface area contributed by atoms with Gasteiger partial charge >= 0.3 is 18.0 Å². The number of fused-ring (bicyclic) bond motifs is 1. The third kappa shape index (κ3) is 5.66. The van der Waals surface area contributed by atoms with Gasteiger partial charge in [-0.1, -0.05) is 24.3 Å². The van der Waals surface area contributed by atoms with Gasteiger partial charge in [0, 0.05) is 5.38 Å². The number of para-hydroxylation sites is 2. The molecule has 1 amide bonds. The van der Waals surface area contributed by atoms with Gasteiger partial charge in [0.05, 0.1) is 11.9 Å². The molecule has 2 aromatic carbocycles. The molecule has 0 fully saturated rings. The Labute approximate surface area is 181 Å². The molecule has 0 unspecified atom stereocenters. The van der Waals surface area contributed by atoms with Crippen LogP contribution in [0.2, 0.25) is 0 Å². The first kappa shape index (κ1) is 22.9. The Morgan fingerprint density at radius 1 is 1.16 bits per heavy atom. The number of aromatic amines is 1. The standard InChI is InChI=1S/C18H13FN4OS.C2HF3O2/c19-13-5-3-4-12(8-13)9-17(24)22-23-16-7-2-1-6-14(16)21-18(23)15-10-25-11-20-15;3-2(4,5)1(6)7/h1-8,10-11H,9H2,(H,22,24);(H,6,7)/p+1. The molecule has 32 heavy (non-hydrogen) atoms. The lowest BCUT2D eigenvalue weighted by atomic mass is 10.1. The minimum Gasteiger partial charge on any atom is -0.475 e. The van der Waals surface area contributed by atoms with Crippen LogP contribution in [0, 0.1) is 5.82 Å². The van der Waals surface area contributed by atoms with Crippen molar-refractivity contribution in [1.82, 2.24) is 9.97 Å². The fourth-order valence-electron chi connectivity index (χ4n) is 2.70. The lowest BCUT2D eigenvalue weighted by molar-refractivity contribution is -0.603. The van der Waals surface area contributed by atoms with Crippen molar-refractivity contribution in [1.29, 1.82) is 0 Å². The summed E-state index contributed by atoms with van der Waals surface area (Å²) >= 11 is 1.48. The minimum atomic E-state index is -5.08. The molecule has 2 heterocycles. The molecule has 0 spiro atoms. The Balaban J connectivity index is 0.000000360. The number of nitrogens with zero attached hydrogens (tertiary/aromatic N) is 2. The zero-order valence-electron chi connectivity index (χ0n) is 16.1. The zero-order valence-corrected chi connectivity index (χ0v) is 16.9. The highest BCUT2D eigenvalue weighted by Gasteiger charge is 2.38. The van der Waals surface area contributed by atoms with Gasteiger partial charge < -0.3 is 5.11 Å². The molecule has 0 aliphatic heterocycles. The number of carbonyl (C=O) groups is 2. The van der Waals surface area contributed by atoms with E-state index in [9.17, 15) is 22.4 Å². The molecule has 0 aliphatic rings. The molecule has 0 bridgehead atoms. The normalized spacial score (nSPS) is 11.0. The van der Waals surface area contributed by atoms with Gasteiger partial charge in [-0.2, -0.15) is 18.6 Å². The highest BCUT2D eigenvalue weighted by Crippen LogP contribution is 2.18. The van der Waals surface area contributed by atoms with Gasteiger partial charge in [0.1, 0.15) is 5.82 Å². The Morgan fingerprint density at radius 2 is 1.88 bits per heavy atom. The molecular weight excluding hydrogens is 452 g/mol. The van der Waals surface area contributed by atoms with E-state index in [1.54, 1.807) is 22.3 Å². The number of alkyl halides is 3. The highest BCUT2D eigenvalue weighted by atomic mass is 32.1. The summed E-state index contributed by atoms with van der Waals surface area (Å²) in [5, 5.41) is 9.03. The number of rotatable bonds is 4. The number of amides is 1. The Bertz CT molecular complexity index is 1240. The average molecular weight is 467 g/mol.